The minimum absolute atomic E-state index is 0.0329. The Kier molecular flexibility index (Phi) is 4.92. The fraction of sp³-hybridized carbons (Fsp3) is 0.400. The zero-order valence-corrected chi connectivity index (χ0v) is 12.0. The topological polar surface area (TPSA) is 82.0 Å². The number of carbonyl (C=O) groups is 2. The van der Waals surface area contributed by atoms with Gasteiger partial charge in [-0.25, -0.2) is 5.43 Å². The molecular weight excluding hydrogens is 270 g/mol. The molecule has 2 N–H and O–H groups in total. The molecule has 0 atom stereocenters. The molecule has 0 aliphatic carbocycles. The highest BCUT2D eigenvalue weighted by Crippen LogP contribution is 2.15. The first-order chi connectivity index (χ1) is 10.1. The lowest BCUT2D eigenvalue weighted by Crippen LogP contribution is -2.29. The summed E-state index contributed by atoms with van der Waals surface area (Å²) >= 11 is 0. The van der Waals surface area contributed by atoms with Crippen molar-refractivity contribution in [1.29, 1.82) is 0 Å². The van der Waals surface area contributed by atoms with E-state index >= 15 is 0 Å². The van der Waals surface area contributed by atoms with Crippen molar-refractivity contribution in [3.8, 4) is 5.75 Å². The molecule has 112 valence electrons. The van der Waals surface area contributed by atoms with Crippen LogP contribution >= 0.6 is 0 Å². The third-order valence-corrected chi connectivity index (χ3v) is 3.36. The van der Waals surface area contributed by atoms with Crippen molar-refractivity contribution in [1.82, 2.24) is 10.3 Å². The average molecular weight is 289 g/mol. The number of hydrogen-bond donors (Lipinski definition) is 2. The van der Waals surface area contributed by atoms with E-state index in [0.29, 0.717) is 5.71 Å². The van der Waals surface area contributed by atoms with Crippen molar-refractivity contribution in [2.75, 3.05) is 13.1 Å². The number of nitrogens with zero attached hydrogens (tertiary/aromatic N) is 2. The maximum absolute atomic E-state index is 11.9. The zero-order valence-electron chi connectivity index (χ0n) is 12.0. The number of hydrazone groups is 1. The molecule has 1 aromatic carbocycles. The summed E-state index contributed by atoms with van der Waals surface area (Å²) in [6.07, 6.45) is 2.29. The average Bonchev–Trinajstić information content (AvgIpc) is 2.99. The first-order valence-corrected chi connectivity index (χ1v) is 6.97. The second-order valence-electron chi connectivity index (χ2n) is 5.07. The van der Waals surface area contributed by atoms with Gasteiger partial charge in [0, 0.05) is 18.8 Å². The molecule has 0 aromatic heterocycles. The van der Waals surface area contributed by atoms with Crippen LogP contribution in [0.25, 0.3) is 0 Å². The van der Waals surface area contributed by atoms with Crippen LogP contribution in [-0.4, -0.2) is 40.6 Å². The standard InChI is InChI=1S/C15H19N3O3/c1-11(10-14(20)18-8-4-5-9-18)16-17-15(21)12-6-2-3-7-13(12)19/h2-3,6-7,19H,4-5,8-10H2,1H3,(H,17,21)/b16-11-. The van der Waals surface area contributed by atoms with Gasteiger partial charge in [0.1, 0.15) is 5.75 Å². The highest BCUT2D eigenvalue weighted by Gasteiger charge is 2.18. The summed E-state index contributed by atoms with van der Waals surface area (Å²) in [5, 5.41) is 13.5. The van der Waals surface area contributed by atoms with Crippen LogP contribution in [0.2, 0.25) is 0 Å². The van der Waals surface area contributed by atoms with Crippen molar-refractivity contribution in [3.05, 3.63) is 29.8 Å². The summed E-state index contributed by atoms with van der Waals surface area (Å²) in [4.78, 5) is 25.6. The van der Waals surface area contributed by atoms with Gasteiger partial charge in [0.25, 0.3) is 5.91 Å². The molecule has 1 fully saturated rings. The van der Waals surface area contributed by atoms with Crippen LogP contribution < -0.4 is 5.43 Å². The lowest BCUT2D eigenvalue weighted by molar-refractivity contribution is -0.128. The van der Waals surface area contributed by atoms with E-state index < -0.39 is 5.91 Å². The Morgan fingerprint density at radius 2 is 1.95 bits per heavy atom. The second kappa shape index (κ2) is 6.88. The summed E-state index contributed by atoms with van der Waals surface area (Å²) in [6.45, 7) is 3.30. The Morgan fingerprint density at radius 3 is 2.62 bits per heavy atom. The zero-order chi connectivity index (χ0) is 15.2. The third-order valence-electron chi connectivity index (χ3n) is 3.36. The van der Waals surface area contributed by atoms with Gasteiger partial charge in [-0.2, -0.15) is 5.10 Å². The lowest BCUT2D eigenvalue weighted by atomic mass is 10.2. The van der Waals surface area contributed by atoms with Gasteiger partial charge < -0.3 is 10.0 Å². The fourth-order valence-electron chi connectivity index (χ4n) is 2.21. The molecule has 6 nitrogen and oxygen atoms in total. The highest BCUT2D eigenvalue weighted by molar-refractivity contribution is 6.01. The van der Waals surface area contributed by atoms with Gasteiger partial charge in [0.05, 0.1) is 12.0 Å². The van der Waals surface area contributed by atoms with Gasteiger partial charge in [-0.3, -0.25) is 9.59 Å². The van der Waals surface area contributed by atoms with Crippen LogP contribution in [-0.2, 0) is 4.79 Å². The van der Waals surface area contributed by atoms with E-state index in [-0.39, 0.29) is 23.6 Å². The van der Waals surface area contributed by atoms with Gasteiger partial charge in [0.15, 0.2) is 0 Å². The minimum Gasteiger partial charge on any atom is -0.507 e. The molecule has 0 radical (unpaired) electrons. The molecule has 0 bridgehead atoms. The molecule has 6 heteroatoms. The van der Waals surface area contributed by atoms with Gasteiger partial charge in [-0.15, -0.1) is 0 Å². The number of phenolic OH excluding ortho intramolecular Hbond substituents is 1. The highest BCUT2D eigenvalue weighted by atomic mass is 16.3. The van der Waals surface area contributed by atoms with Crippen LogP contribution in [0.5, 0.6) is 5.75 Å². The second-order valence-corrected chi connectivity index (χ2v) is 5.07. The van der Waals surface area contributed by atoms with Crippen LogP contribution in [0.1, 0.15) is 36.5 Å². The molecule has 0 saturated carbocycles. The van der Waals surface area contributed by atoms with E-state index in [2.05, 4.69) is 10.5 Å². The Labute approximate surface area is 123 Å². The van der Waals surface area contributed by atoms with Crippen LogP contribution in [0.15, 0.2) is 29.4 Å². The van der Waals surface area contributed by atoms with Gasteiger partial charge in [0.2, 0.25) is 5.91 Å². The smallest absolute Gasteiger partial charge is 0.275 e. The Bertz CT molecular complexity index is 563. The molecule has 1 heterocycles. The van der Waals surface area contributed by atoms with Crippen molar-refractivity contribution >= 4 is 17.5 Å². The SMILES string of the molecule is C/C(CC(=O)N1CCCC1)=N/NC(=O)c1ccccc1O. The van der Waals surface area contributed by atoms with Crippen molar-refractivity contribution in [2.24, 2.45) is 5.10 Å². The molecule has 1 aromatic rings. The van der Waals surface area contributed by atoms with Crippen molar-refractivity contribution in [2.45, 2.75) is 26.2 Å². The summed E-state index contributed by atoms with van der Waals surface area (Å²) in [6, 6.07) is 6.23. The molecule has 1 aliphatic rings. The molecule has 2 amide bonds. The number of aromatic hydroxyl groups is 1. The van der Waals surface area contributed by atoms with Crippen molar-refractivity contribution in [3.63, 3.8) is 0 Å². The number of carbonyl (C=O) groups excluding carboxylic acids is 2. The molecule has 1 saturated heterocycles. The monoisotopic (exact) mass is 289 g/mol. The lowest BCUT2D eigenvalue weighted by Gasteiger charge is -2.14. The summed E-state index contributed by atoms with van der Waals surface area (Å²) < 4.78 is 0. The quantitative estimate of drug-likeness (QED) is 0.651. The molecule has 0 unspecified atom stereocenters. The van der Waals surface area contributed by atoms with Crippen molar-refractivity contribution < 1.29 is 14.7 Å². The van der Waals surface area contributed by atoms with Gasteiger partial charge in [-0.1, -0.05) is 12.1 Å². The molecule has 1 aliphatic heterocycles. The third kappa shape index (κ3) is 4.05. The molecular formula is C15H19N3O3. The number of para-hydroxylation sites is 1. The molecule has 2 rings (SSSR count). The first kappa shape index (κ1) is 15.0. The predicted molar refractivity (Wildman–Crippen MR) is 79.1 cm³/mol. The van der Waals surface area contributed by atoms with Crippen LogP contribution in [0.3, 0.4) is 0 Å². The minimum atomic E-state index is -0.499. The predicted octanol–water partition coefficient (Wildman–Crippen LogP) is 1.51. The summed E-state index contributed by atoms with van der Waals surface area (Å²) in [5.74, 6) is -0.567. The number of likely N-dealkylation sites (tertiary alicyclic amines) is 1. The summed E-state index contributed by atoms with van der Waals surface area (Å²) in [7, 11) is 0. The molecule has 21 heavy (non-hydrogen) atoms. The van der Waals surface area contributed by atoms with Crippen LogP contribution in [0.4, 0.5) is 0 Å². The summed E-state index contributed by atoms with van der Waals surface area (Å²) in [5.41, 5.74) is 3.04. The number of amides is 2. The Balaban J connectivity index is 1.89. The number of rotatable bonds is 4. The first-order valence-electron chi connectivity index (χ1n) is 6.97. The largest absolute Gasteiger partial charge is 0.507 e. The Morgan fingerprint density at radius 1 is 1.29 bits per heavy atom. The normalized spacial score (nSPS) is 15.1. The maximum Gasteiger partial charge on any atom is 0.275 e. The van der Waals surface area contributed by atoms with Gasteiger partial charge >= 0.3 is 0 Å². The maximum atomic E-state index is 11.9. The van der Waals surface area contributed by atoms with Crippen LogP contribution in [0, 0.1) is 0 Å². The molecule has 0 spiro atoms. The number of nitrogens with one attached hydrogen (secondary N) is 1. The number of hydrogen-bond acceptors (Lipinski definition) is 4. The van der Waals surface area contributed by atoms with E-state index in [4.69, 9.17) is 0 Å². The van der Waals surface area contributed by atoms with E-state index in [1.165, 1.54) is 12.1 Å². The number of phenols is 1. The Hall–Kier alpha value is -2.37. The van der Waals surface area contributed by atoms with E-state index in [9.17, 15) is 14.7 Å². The van der Waals surface area contributed by atoms with Gasteiger partial charge in [-0.05, 0) is 31.9 Å². The van der Waals surface area contributed by atoms with E-state index in [1.54, 1.807) is 19.1 Å². The van der Waals surface area contributed by atoms with E-state index in [1.807, 2.05) is 4.90 Å². The fourth-order valence-corrected chi connectivity index (χ4v) is 2.21. The van der Waals surface area contributed by atoms with E-state index in [0.717, 1.165) is 25.9 Å². The number of benzene rings is 1.